The van der Waals surface area contributed by atoms with Crippen LogP contribution < -0.4 is 5.73 Å². The van der Waals surface area contributed by atoms with Gasteiger partial charge in [-0.25, -0.2) is 12.7 Å². The van der Waals surface area contributed by atoms with E-state index in [0.29, 0.717) is 19.0 Å². The summed E-state index contributed by atoms with van der Waals surface area (Å²) < 4.78 is 26.0. The minimum absolute atomic E-state index is 0.137. The van der Waals surface area contributed by atoms with Gasteiger partial charge in [0.15, 0.2) is 0 Å². The summed E-state index contributed by atoms with van der Waals surface area (Å²) in [5.41, 5.74) is 6.20. The Morgan fingerprint density at radius 1 is 1.29 bits per heavy atom. The Balaban J connectivity index is 1.92. The Kier molecular flexibility index (Phi) is 3.54. The van der Waals surface area contributed by atoms with Gasteiger partial charge < -0.3 is 5.73 Å². The second-order valence-electron chi connectivity index (χ2n) is 6.34. The molecule has 2 aliphatic rings. The number of piperidine rings is 1. The summed E-state index contributed by atoms with van der Waals surface area (Å²) in [7, 11) is -3.13. The summed E-state index contributed by atoms with van der Waals surface area (Å²) in [5, 5.41) is 0. The highest BCUT2D eigenvalue weighted by molar-refractivity contribution is 7.89. The van der Waals surface area contributed by atoms with E-state index in [4.69, 9.17) is 5.73 Å². The predicted molar refractivity (Wildman–Crippen MR) is 69.1 cm³/mol. The normalized spacial score (nSPS) is 27.9. The zero-order valence-electron chi connectivity index (χ0n) is 10.9. The maximum absolute atomic E-state index is 12.2. The molecule has 2 rings (SSSR count). The fourth-order valence-corrected chi connectivity index (χ4v) is 4.09. The molecule has 100 valence electrons. The molecule has 2 fully saturated rings. The van der Waals surface area contributed by atoms with Crippen molar-refractivity contribution in [3.8, 4) is 0 Å². The van der Waals surface area contributed by atoms with Crippen molar-refractivity contribution >= 4 is 10.0 Å². The van der Waals surface area contributed by atoms with E-state index in [9.17, 15) is 8.42 Å². The number of sulfonamides is 1. The van der Waals surface area contributed by atoms with Gasteiger partial charge in [-0.3, -0.25) is 0 Å². The fourth-order valence-electron chi connectivity index (χ4n) is 2.38. The van der Waals surface area contributed by atoms with Crippen LogP contribution in [0.15, 0.2) is 0 Å². The van der Waals surface area contributed by atoms with Crippen LogP contribution in [0.1, 0.15) is 39.5 Å². The van der Waals surface area contributed by atoms with E-state index in [1.54, 1.807) is 4.31 Å². The van der Waals surface area contributed by atoms with Gasteiger partial charge in [0.1, 0.15) is 0 Å². The van der Waals surface area contributed by atoms with Gasteiger partial charge >= 0.3 is 0 Å². The third-order valence-electron chi connectivity index (χ3n) is 4.10. The summed E-state index contributed by atoms with van der Waals surface area (Å²) >= 11 is 0. The summed E-state index contributed by atoms with van der Waals surface area (Å²) in [6, 6.07) is -0.157. The van der Waals surface area contributed by atoms with E-state index in [2.05, 4.69) is 13.8 Å². The Labute approximate surface area is 105 Å². The largest absolute Gasteiger partial charge is 0.326 e. The molecule has 1 saturated carbocycles. The average Bonchev–Trinajstić information content (AvgIpc) is 2.98. The van der Waals surface area contributed by atoms with Gasteiger partial charge in [-0.1, -0.05) is 13.8 Å². The Morgan fingerprint density at radius 2 is 1.82 bits per heavy atom. The molecule has 2 N–H and O–H groups in total. The SMILES string of the molecule is CC1(C)CCN(S(=O)(=O)CC(N)C2CC2)CC1. The van der Waals surface area contributed by atoms with Crippen LogP contribution in [0, 0.1) is 11.3 Å². The molecule has 0 aromatic carbocycles. The molecule has 1 unspecified atom stereocenters. The molecule has 5 heteroatoms. The summed E-state index contributed by atoms with van der Waals surface area (Å²) in [6.45, 7) is 5.72. The van der Waals surface area contributed by atoms with Gasteiger partial charge in [0.05, 0.1) is 5.75 Å². The maximum Gasteiger partial charge on any atom is 0.215 e. The van der Waals surface area contributed by atoms with Crippen molar-refractivity contribution in [2.75, 3.05) is 18.8 Å². The first-order chi connectivity index (χ1) is 7.80. The molecule has 4 nitrogen and oxygen atoms in total. The van der Waals surface area contributed by atoms with Crippen LogP contribution in [0.25, 0.3) is 0 Å². The maximum atomic E-state index is 12.2. The molecule has 1 aliphatic heterocycles. The molecule has 17 heavy (non-hydrogen) atoms. The van der Waals surface area contributed by atoms with Crippen LogP contribution in [-0.2, 0) is 10.0 Å². The van der Waals surface area contributed by atoms with Crippen molar-refractivity contribution < 1.29 is 8.42 Å². The molecule has 0 spiro atoms. The minimum atomic E-state index is -3.13. The van der Waals surface area contributed by atoms with Crippen LogP contribution in [0.4, 0.5) is 0 Å². The number of nitrogens with two attached hydrogens (primary N) is 1. The molecular formula is C12H24N2O2S. The van der Waals surface area contributed by atoms with Crippen molar-refractivity contribution in [3.05, 3.63) is 0 Å². The first kappa shape index (κ1) is 13.3. The van der Waals surface area contributed by atoms with Crippen LogP contribution in [0.2, 0.25) is 0 Å². The zero-order chi connectivity index (χ0) is 12.7. The highest BCUT2D eigenvalue weighted by Gasteiger charge is 2.36. The molecule has 1 heterocycles. The molecule has 0 bridgehead atoms. The average molecular weight is 260 g/mol. The zero-order valence-corrected chi connectivity index (χ0v) is 11.7. The van der Waals surface area contributed by atoms with E-state index in [1.165, 1.54) is 0 Å². The van der Waals surface area contributed by atoms with Crippen molar-refractivity contribution in [1.82, 2.24) is 4.31 Å². The molecule has 1 aliphatic carbocycles. The summed E-state index contributed by atoms with van der Waals surface area (Å²) in [5.74, 6) is 0.587. The van der Waals surface area contributed by atoms with E-state index in [0.717, 1.165) is 25.7 Å². The Morgan fingerprint density at radius 3 is 2.29 bits per heavy atom. The Hall–Kier alpha value is -0.130. The van der Waals surface area contributed by atoms with Crippen molar-refractivity contribution in [1.29, 1.82) is 0 Å². The lowest BCUT2D eigenvalue weighted by molar-refractivity contribution is 0.195. The number of nitrogens with zero attached hydrogens (tertiary/aromatic N) is 1. The van der Waals surface area contributed by atoms with Crippen LogP contribution in [0.3, 0.4) is 0 Å². The van der Waals surface area contributed by atoms with Crippen LogP contribution in [0.5, 0.6) is 0 Å². The van der Waals surface area contributed by atoms with Gasteiger partial charge in [-0.2, -0.15) is 0 Å². The van der Waals surface area contributed by atoms with E-state index in [1.807, 2.05) is 0 Å². The second kappa shape index (κ2) is 4.52. The van der Waals surface area contributed by atoms with Crippen molar-refractivity contribution in [2.45, 2.75) is 45.6 Å². The van der Waals surface area contributed by atoms with Crippen molar-refractivity contribution in [3.63, 3.8) is 0 Å². The smallest absolute Gasteiger partial charge is 0.215 e. The lowest BCUT2D eigenvalue weighted by Gasteiger charge is -2.36. The molecule has 1 saturated heterocycles. The summed E-state index contributed by atoms with van der Waals surface area (Å²) in [6.07, 6.45) is 4.10. The van der Waals surface area contributed by atoms with Gasteiger partial charge in [0.25, 0.3) is 0 Å². The van der Waals surface area contributed by atoms with Gasteiger partial charge in [-0.15, -0.1) is 0 Å². The second-order valence-corrected chi connectivity index (χ2v) is 8.36. The molecule has 1 atom stereocenters. The molecule has 0 aromatic heterocycles. The first-order valence-corrected chi connectivity index (χ1v) is 8.14. The van der Waals surface area contributed by atoms with E-state index >= 15 is 0 Å². The quantitative estimate of drug-likeness (QED) is 0.825. The number of hydrogen-bond acceptors (Lipinski definition) is 3. The first-order valence-electron chi connectivity index (χ1n) is 6.54. The van der Waals surface area contributed by atoms with Crippen molar-refractivity contribution in [2.24, 2.45) is 17.1 Å². The number of rotatable bonds is 4. The Bertz CT molecular complexity index is 364. The third-order valence-corrected chi connectivity index (χ3v) is 6.06. The fraction of sp³-hybridized carbons (Fsp3) is 1.00. The lowest BCUT2D eigenvalue weighted by Crippen LogP contribution is -2.45. The van der Waals surface area contributed by atoms with Gasteiger partial charge in [0.2, 0.25) is 10.0 Å². The highest BCUT2D eigenvalue weighted by Crippen LogP contribution is 2.34. The summed E-state index contributed by atoms with van der Waals surface area (Å²) in [4.78, 5) is 0. The van der Waals surface area contributed by atoms with Gasteiger partial charge in [-0.05, 0) is 37.0 Å². The van der Waals surface area contributed by atoms with E-state index < -0.39 is 10.0 Å². The topological polar surface area (TPSA) is 63.4 Å². The van der Waals surface area contributed by atoms with Gasteiger partial charge in [0, 0.05) is 19.1 Å². The van der Waals surface area contributed by atoms with E-state index in [-0.39, 0.29) is 17.2 Å². The monoisotopic (exact) mass is 260 g/mol. The standard InChI is InChI=1S/C12H24N2O2S/c1-12(2)5-7-14(8-6-12)17(15,16)9-11(13)10-3-4-10/h10-11H,3-9,13H2,1-2H3. The molecule has 0 amide bonds. The lowest BCUT2D eigenvalue weighted by atomic mass is 9.83. The molecular weight excluding hydrogens is 236 g/mol. The van der Waals surface area contributed by atoms with Crippen LogP contribution in [-0.4, -0.2) is 37.6 Å². The molecule has 0 radical (unpaired) electrons. The predicted octanol–water partition coefficient (Wildman–Crippen LogP) is 1.18. The molecule has 0 aromatic rings. The highest BCUT2D eigenvalue weighted by atomic mass is 32.2. The number of hydrogen-bond donors (Lipinski definition) is 1. The minimum Gasteiger partial charge on any atom is -0.326 e. The third kappa shape index (κ3) is 3.42. The van der Waals surface area contributed by atoms with Crippen LogP contribution >= 0.6 is 0 Å².